The molecule has 1 heterocycles. The molecular weight excluding hydrogens is 296 g/mol. The Morgan fingerprint density at radius 3 is 2.91 bits per heavy atom. The first kappa shape index (κ1) is 17.6. The van der Waals surface area contributed by atoms with Crippen molar-refractivity contribution in [1.29, 1.82) is 0 Å². The average molecular weight is 322 g/mol. The SMILES string of the molecule is CCCN(CC1COc2ccccc2O1)C(=O)CNCCOC. The quantitative estimate of drug-likeness (QED) is 0.695. The second-order valence-electron chi connectivity index (χ2n) is 5.51. The number of nitrogens with zero attached hydrogens (tertiary/aromatic N) is 1. The summed E-state index contributed by atoms with van der Waals surface area (Å²) in [4.78, 5) is 14.2. The Morgan fingerprint density at radius 2 is 2.17 bits per heavy atom. The zero-order valence-corrected chi connectivity index (χ0v) is 13.9. The highest BCUT2D eigenvalue weighted by Crippen LogP contribution is 2.30. The van der Waals surface area contributed by atoms with Crippen molar-refractivity contribution in [1.82, 2.24) is 10.2 Å². The maximum Gasteiger partial charge on any atom is 0.236 e. The van der Waals surface area contributed by atoms with Gasteiger partial charge in [0.15, 0.2) is 17.6 Å². The molecule has 1 aliphatic rings. The molecule has 0 radical (unpaired) electrons. The molecule has 1 unspecified atom stereocenters. The summed E-state index contributed by atoms with van der Waals surface area (Å²) >= 11 is 0. The van der Waals surface area contributed by atoms with Crippen molar-refractivity contribution in [3.63, 3.8) is 0 Å². The molecule has 1 aliphatic heterocycles. The number of amides is 1. The smallest absolute Gasteiger partial charge is 0.236 e. The van der Waals surface area contributed by atoms with Crippen LogP contribution in [0, 0.1) is 0 Å². The molecule has 0 saturated carbocycles. The number of nitrogens with one attached hydrogen (secondary N) is 1. The summed E-state index contributed by atoms with van der Waals surface area (Å²) in [6, 6.07) is 7.61. The summed E-state index contributed by atoms with van der Waals surface area (Å²) in [5.74, 6) is 1.58. The second kappa shape index (κ2) is 9.37. The number of ether oxygens (including phenoxy) is 3. The highest BCUT2D eigenvalue weighted by molar-refractivity contribution is 5.78. The van der Waals surface area contributed by atoms with Crippen molar-refractivity contribution in [3.05, 3.63) is 24.3 Å². The maximum atomic E-state index is 12.3. The van der Waals surface area contributed by atoms with Crippen LogP contribution >= 0.6 is 0 Å². The molecule has 1 amide bonds. The summed E-state index contributed by atoms with van der Waals surface area (Å²) in [5.41, 5.74) is 0. The number of carbonyl (C=O) groups is 1. The Labute approximate surface area is 137 Å². The Hall–Kier alpha value is -1.79. The fourth-order valence-corrected chi connectivity index (χ4v) is 2.47. The lowest BCUT2D eigenvalue weighted by molar-refractivity contribution is -0.131. The van der Waals surface area contributed by atoms with Crippen molar-refractivity contribution in [2.75, 3.05) is 46.5 Å². The van der Waals surface area contributed by atoms with Gasteiger partial charge in [-0.3, -0.25) is 4.79 Å². The van der Waals surface area contributed by atoms with E-state index in [-0.39, 0.29) is 12.0 Å². The molecule has 0 aromatic heterocycles. The lowest BCUT2D eigenvalue weighted by atomic mass is 10.2. The zero-order chi connectivity index (χ0) is 16.5. The molecule has 1 atom stereocenters. The van der Waals surface area contributed by atoms with E-state index in [2.05, 4.69) is 12.2 Å². The third kappa shape index (κ3) is 5.41. The highest BCUT2D eigenvalue weighted by Gasteiger charge is 2.24. The molecule has 6 heteroatoms. The molecule has 6 nitrogen and oxygen atoms in total. The molecule has 23 heavy (non-hydrogen) atoms. The van der Waals surface area contributed by atoms with Gasteiger partial charge in [0.1, 0.15) is 6.61 Å². The van der Waals surface area contributed by atoms with Crippen molar-refractivity contribution in [2.24, 2.45) is 0 Å². The highest BCUT2D eigenvalue weighted by atomic mass is 16.6. The fourth-order valence-electron chi connectivity index (χ4n) is 2.47. The Morgan fingerprint density at radius 1 is 1.39 bits per heavy atom. The van der Waals surface area contributed by atoms with E-state index in [1.165, 1.54) is 0 Å². The van der Waals surface area contributed by atoms with Gasteiger partial charge in [0.25, 0.3) is 0 Å². The number of methoxy groups -OCH3 is 1. The normalized spacial score (nSPS) is 16.2. The van der Waals surface area contributed by atoms with E-state index < -0.39 is 0 Å². The first-order valence-corrected chi connectivity index (χ1v) is 8.10. The number of hydrogen-bond donors (Lipinski definition) is 1. The Bertz CT molecular complexity index is 495. The van der Waals surface area contributed by atoms with E-state index in [0.717, 1.165) is 17.9 Å². The van der Waals surface area contributed by atoms with Crippen molar-refractivity contribution in [3.8, 4) is 11.5 Å². The number of hydrogen-bond acceptors (Lipinski definition) is 5. The standard InChI is InChI=1S/C17H26N2O4/c1-3-9-19(17(20)11-18-8-10-21-2)12-14-13-22-15-6-4-5-7-16(15)23-14/h4-7,14,18H,3,8-13H2,1-2H3. The van der Waals surface area contributed by atoms with Gasteiger partial charge in [0.2, 0.25) is 5.91 Å². The summed E-state index contributed by atoms with van der Waals surface area (Å²) in [5, 5.41) is 3.09. The average Bonchev–Trinajstić information content (AvgIpc) is 2.58. The summed E-state index contributed by atoms with van der Waals surface area (Å²) in [6.07, 6.45) is 0.771. The van der Waals surface area contributed by atoms with Crippen LogP contribution in [-0.2, 0) is 9.53 Å². The molecule has 0 bridgehead atoms. The molecule has 2 rings (SSSR count). The minimum Gasteiger partial charge on any atom is -0.486 e. The van der Waals surface area contributed by atoms with Gasteiger partial charge >= 0.3 is 0 Å². The van der Waals surface area contributed by atoms with Gasteiger partial charge in [-0.15, -0.1) is 0 Å². The summed E-state index contributed by atoms with van der Waals surface area (Å²) in [6.45, 7) is 5.34. The largest absolute Gasteiger partial charge is 0.486 e. The monoisotopic (exact) mass is 322 g/mol. The van der Waals surface area contributed by atoms with Crippen LogP contribution < -0.4 is 14.8 Å². The first-order chi connectivity index (χ1) is 11.2. The molecule has 1 aromatic carbocycles. The third-order valence-electron chi connectivity index (χ3n) is 3.60. The molecule has 1 aromatic rings. The number of carbonyl (C=O) groups excluding carboxylic acids is 1. The van der Waals surface area contributed by atoms with E-state index in [1.807, 2.05) is 29.2 Å². The third-order valence-corrected chi connectivity index (χ3v) is 3.60. The van der Waals surface area contributed by atoms with Crippen LogP contribution in [0.3, 0.4) is 0 Å². The van der Waals surface area contributed by atoms with Gasteiger partial charge in [-0.05, 0) is 18.6 Å². The molecular formula is C17H26N2O4. The van der Waals surface area contributed by atoms with E-state index in [0.29, 0.717) is 39.4 Å². The molecule has 0 saturated heterocycles. The Balaban J connectivity index is 1.85. The predicted octanol–water partition coefficient (Wildman–Crippen LogP) is 1.30. The van der Waals surface area contributed by atoms with Crippen LogP contribution in [0.25, 0.3) is 0 Å². The Kier molecular flexibility index (Phi) is 7.16. The van der Waals surface area contributed by atoms with Crippen molar-refractivity contribution in [2.45, 2.75) is 19.4 Å². The second-order valence-corrected chi connectivity index (χ2v) is 5.51. The minimum absolute atomic E-state index is 0.0745. The molecule has 128 valence electrons. The maximum absolute atomic E-state index is 12.3. The zero-order valence-electron chi connectivity index (χ0n) is 13.9. The van der Waals surface area contributed by atoms with Crippen LogP contribution in [-0.4, -0.2) is 63.4 Å². The minimum atomic E-state index is -0.139. The predicted molar refractivity (Wildman–Crippen MR) is 88.0 cm³/mol. The fraction of sp³-hybridized carbons (Fsp3) is 0.588. The van der Waals surface area contributed by atoms with Crippen LogP contribution in [0.1, 0.15) is 13.3 Å². The van der Waals surface area contributed by atoms with Gasteiger partial charge in [-0.25, -0.2) is 0 Å². The van der Waals surface area contributed by atoms with Crippen LogP contribution in [0.5, 0.6) is 11.5 Å². The summed E-state index contributed by atoms with van der Waals surface area (Å²) < 4.78 is 16.6. The van der Waals surface area contributed by atoms with Crippen LogP contribution in [0.15, 0.2) is 24.3 Å². The topological polar surface area (TPSA) is 60.0 Å². The van der Waals surface area contributed by atoms with E-state index in [1.54, 1.807) is 7.11 Å². The molecule has 1 N–H and O–H groups in total. The van der Waals surface area contributed by atoms with E-state index in [9.17, 15) is 4.79 Å². The number of rotatable bonds is 9. The number of benzene rings is 1. The van der Waals surface area contributed by atoms with Gasteiger partial charge in [0, 0.05) is 20.2 Å². The van der Waals surface area contributed by atoms with Crippen LogP contribution in [0.4, 0.5) is 0 Å². The van der Waals surface area contributed by atoms with E-state index >= 15 is 0 Å². The lowest BCUT2D eigenvalue weighted by Crippen LogP contribution is -2.46. The first-order valence-electron chi connectivity index (χ1n) is 8.10. The van der Waals surface area contributed by atoms with Crippen LogP contribution in [0.2, 0.25) is 0 Å². The summed E-state index contributed by atoms with van der Waals surface area (Å²) in [7, 11) is 1.64. The van der Waals surface area contributed by atoms with Gasteiger partial charge in [-0.2, -0.15) is 0 Å². The molecule has 0 aliphatic carbocycles. The molecule has 0 spiro atoms. The lowest BCUT2D eigenvalue weighted by Gasteiger charge is -2.31. The molecule has 0 fully saturated rings. The van der Waals surface area contributed by atoms with Gasteiger partial charge < -0.3 is 24.4 Å². The van der Waals surface area contributed by atoms with Crippen molar-refractivity contribution >= 4 is 5.91 Å². The van der Waals surface area contributed by atoms with E-state index in [4.69, 9.17) is 14.2 Å². The van der Waals surface area contributed by atoms with Crippen molar-refractivity contribution < 1.29 is 19.0 Å². The number of fused-ring (bicyclic) bond motifs is 1. The van der Waals surface area contributed by atoms with Gasteiger partial charge in [-0.1, -0.05) is 19.1 Å². The van der Waals surface area contributed by atoms with Gasteiger partial charge in [0.05, 0.1) is 19.7 Å². The number of para-hydroxylation sites is 2.